The Hall–Kier alpha value is -3.29. The van der Waals surface area contributed by atoms with Gasteiger partial charge in [-0.15, -0.1) is 0 Å². The number of aromatic amines is 1. The molecular weight excluding hydrogens is 288 g/mol. The lowest BCUT2D eigenvalue weighted by atomic mass is 10.2. The second kappa shape index (κ2) is 5.60. The minimum Gasteiger partial charge on any atom is -0.457 e. The molecule has 0 unspecified atom stereocenters. The van der Waals surface area contributed by atoms with E-state index in [9.17, 15) is 14.9 Å². The Balaban J connectivity index is 1.76. The van der Waals surface area contributed by atoms with Gasteiger partial charge in [0.15, 0.2) is 0 Å². The molecule has 0 amide bonds. The molecule has 0 aliphatic carbocycles. The predicted molar refractivity (Wildman–Crippen MR) is 76.1 cm³/mol. The third-order valence-corrected chi connectivity index (χ3v) is 3.07. The fourth-order valence-electron chi connectivity index (χ4n) is 2.01. The van der Waals surface area contributed by atoms with Crippen LogP contribution in [-0.2, 0) is 11.3 Å². The zero-order valence-electron chi connectivity index (χ0n) is 11.2. The first kappa shape index (κ1) is 13.7. The molecule has 0 spiro atoms. The van der Waals surface area contributed by atoms with Crippen molar-refractivity contribution in [3.8, 4) is 0 Å². The molecular formula is C14H10N4O4. The molecule has 8 nitrogen and oxygen atoms in total. The molecule has 0 radical (unpaired) electrons. The largest absolute Gasteiger partial charge is 0.457 e. The van der Waals surface area contributed by atoms with Gasteiger partial charge in [0.1, 0.15) is 23.2 Å². The van der Waals surface area contributed by atoms with Crippen LogP contribution < -0.4 is 0 Å². The standard InChI is InChI=1S/C14H10N4O4/c19-14(10-3-1-2-4-13(10)18(20)21)22-8-9-5-6-11-12(7-9)16-17-15-11/h1-7H,8H2,(H,15,16,17). The molecule has 22 heavy (non-hydrogen) atoms. The van der Waals surface area contributed by atoms with Crippen LogP contribution in [0.2, 0.25) is 0 Å². The van der Waals surface area contributed by atoms with Gasteiger partial charge in [-0.1, -0.05) is 18.2 Å². The average Bonchev–Trinajstić information content (AvgIpc) is 3.00. The maximum absolute atomic E-state index is 12.0. The van der Waals surface area contributed by atoms with Crippen molar-refractivity contribution in [2.24, 2.45) is 0 Å². The number of fused-ring (bicyclic) bond motifs is 1. The molecule has 1 N–H and O–H groups in total. The lowest BCUT2D eigenvalue weighted by Gasteiger charge is -2.05. The summed E-state index contributed by atoms with van der Waals surface area (Å²) in [6.45, 7) is -0.00627. The van der Waals surface area contributed by atoms with Crippen molar-refractivity contribution in [1.29, 1.82) is 0 Å². The minimum atomic E-state index is -0.743. The van der Waals surface area contributed by atoms with Crippen LogP contribution in [0.25, 0.3) is 11.0 Å². The van der Waals surface area contributed by atoms with E-state index in [1.165, 1.54) is 18.2 Å². The van der Waals surface area contributed by atoms with E-state index >= 15 is 0 Å². The number of benzene rings is 2. The van der Waals surface area contributed by atoms with E-state index in [1.54, 1.807) is 24.3 Å². The van der Waals surface area contributed by atoms with E-state index in [4.69, 9.17) is 4.74 Å². The highest BCUT2D eigenvalue weighted by atomic mass is 16.6. The van der Waals surface area contributed by atoms with Crippen molar-refractivity contribution in [2.75, 3.05) is 0 Å². The molecule has 1 heterocycles. The zero-order chi connectivity index (χ0) is 15.5. The summed E-state index contributed by atoms with van der Waals surface area (Å²) in [5.41, 5.74) is 1.72. The smallest absolute Gasteiger partial charge is 0.345 e. The van der Waals surface area contributed by atoms with Crippen molar-refractivity contribution in [3.05, 3.63) is 63.7 Å². The number of para-hydroxylation sites is 1. The highest BCUT2D eigenvalue weighted by Crippen LogP contribution is 2.19. The number of nitro benzene ring substituents is 1. The van der Waals surface area contributed by atoms with Crippen LogP contribution in [0.5, 0.6) is 0 Å². The quantitative estimate of drug-likeness (QED) is 0.449. The van der Waals surface area contributed by atoms with Gasteiger partial charge in [0.2, 0.25) is 0 Å². The Morgan fingerprint density at radius 1 is 1.18 bits per heavy atom. The molecule has 0 saturated heterocycles. The molecule has 110 valence electrons. The number of carbonyl (C=O) groups excluding carboxylic acids is 1. The Morgan fingerprint density at radius 2 is 1.95 bits per heavy atom. The van der Waals surface area contributed by atoms with Gasteiger partial charge in [-0.05, 0) is 23.8 Å². The van der Waals surface area contributed by atoms with Gasteiger partial charge in [0.25, 0.3) is 5.69 Å². The van der Waals surface area contributed by atoms with Gasteiger partial charge < -0.3 is 4.74 Å². The molecule has 1 aromatic heterocycles. The van der Waals surface area contributed by atoms with Crippen LogP contribution in [0.3, 0.4) is 0 Å². The Labute approximate surface area is 123 Å². The number of nitrogens with zero attached hydrogens (tertiary/aromatic N) is 3. The lowest BCUT2D eigenvalue weighted by molar-refractivity contribution is -0.385. The maximum atomic E-state index is 12.0. The van der Waals surface area contributed by atoms with Gasteiger partial charge in [-0.3, -0.25) is 10.1 Å². The fourth-order valence-corrected chi connectivity index (χ4v) is 2.01. The third-order valence-electron chi connectivity index (χ3n) is 3.07. The third kappa shape index (κ3) is 2.62. The first-order chi connectivity index (χ1) is 10.6. The van der Waals surface area contributed by atoms with Gasteiger partial charge in [0, 0.05) is 6.07 Å². The van der Waals surface area contributed by atoms with Gasteiger partial charge >= 0.3 is 5.97 Å². The molecule has 0 atom stereocenters. The normalized spacial score (nSPS) is 10.5. The lowest BCUT2D eigenvalue weighted by Crippen LogP contribution is -2.08. The van der Waals surface area contributed by atoms with Crippen molar-refractivity contribution in [3.63, 3.8) is 0 Å². The monoisotopic (exact) mass is 298 g/mol. The maximum Gasteiger partial charge on any atom is 0.345 e. The van der Waals surface area contributed by atoms with Crippen LogP contribution in [0.1, 0.15) is 15.9 Å². The number of hydrogen-bond acceptors (Lipinski definition) is 6. The number of rotatable bonds is 4. The molecule has 0 bridgehead atoms. The first-order valence-electron chi connectivity index (χ1n) is 6.35. The van der Waals surface area contributed by atoms with Crippen LogP contribution in [0.4, 0.5) is 5.69 Å². The molecule has 0 saturated carbocycles. The summed E-state index contributed by atoms with van der Waals surface area (Å²) < 4.78 is 5.13. The summed E-state index contributed by atoms with van der Waals surface area (Å²) >= 11 is 0. The Kier molecular flexibility index (Phi) is 3.48. The second-order valence-electron chi connectivity index (χ2n) is 4.50. The number of nitro groups is 1. The molecule has 0 aliphatic rings. The summed E-state index contributed by atoms with van der Waals surface area (Å²) in [5.74, 6) is -0.743. The van der Waals surface area contributed by atoms with Crippen LogP contribution in [-0.4, -0.2) is 26.3 Å². The SMILES string of the molecule is O=C(OCc1ccc2n[nH]nc2c1)c1ccccc1[N+](=O)[O-]. The van der Waals surface area contributed by atoms with Crippen molar-refractivity contribution in [2.45, 2.75) is 6.61 Å². The van der Waals surface area contributed by atoms with E-state index in [-0.39, 0.29) is 17.9 Å². The van der Waals surface area contributed by atoms with Gasteiger partial charge in [-0.25, -0.2) is 4.79 Å². The number of carbonyl (C=O) groups is 1. The van der Waals surface area contributed by atoms with Crippen LogP contribution in [0, 0.1) is 10.1 Å². The topological polar surface area (TPSA) is 111 Å². The fraction of sp³-hybridized carbons (Fsp3) is 0.0714. The van der Waals surface area contributed by atoms with E-state index in [0.29, 0.717) is 16.6 Å². The predicted octanol–water partition coefficient (Wildman–Crippen LogP) is 2.22. The number of H-pyrrole nitrogens is 1. The van der Waals surface area contributed by atoms with Crippen molar-refractivity contribution < 1.29 is 14.5 Å². The molecule has 3 aromatic rings. The second-order valence-corrected chi connectivity index (χ2v) is 4.50. The summed E-state index contributed by atoms with van der Waals surface area (Å²) in [5, 5.41) is 21.2. The molecule has 2 aromatic carbocycles. The first-order valence-corrected chi connectivity index (χ1v) is 6.35. The number of ether oxygens (including phenoxy) is 1. The van der Waals surface area contributed by atoms with Crippen molar-refractivity contribution >= 4 is 22.7 Å². The number of hydrogen-bond donors (Lipinski definition) is 1. The number of esters is 1. The minimum absolute atomic E-state index is 0.00627. The highest BCUT2D eigenvalue weighted by molar-refractivity contribution is 5.93. The summed E-state index contributed by atoms with van der Waals surface area (Å²) in [6, 6.07) is 10.9. The summed E-state index contributed by atoms with van der Waals surface area (Å²) in [7, 11) is 0. The number of nitrogens with one attached hydrogen (secondary N) is 1. The highest BCUT2D eigenvalue weighted by Gasteiger charge is 2.20. The molecule has 0 aliphatic heterocycles. The van der Waals surface area contributed by atoms with E-state index in [1.807, 2.05) is 0 Å². The Morgan fingerprint density at radius 3 is 2.77 bits per heavy atom. The zero-order valence-corrected chi connectivity index (χ0v) is 11.2. The summed E-state index contributed by atoms with van der Waals surface area (Å²) in [6.07, 6.45) is 0. The van der Waals surface area contributed by atoms with Gasteiger partial charge in [0.05, 0.1) is 4.92 Å². The molecule has 0 fully saturated rings. The Bertz CT molecular complexity index is 859. The number of aromatic nitrogens is 3. The van der Waals surface area contributed by atoms with Gasteiger partial charge in [-0.2, -0.15) is 15.4 Å². The van der Waals surface area contributed by atoms with E-state index in [2.05, 4.69) is 15.4 Å². The van der Waals surface area contributed by atoms with Crippen LogP contribution in [0.15, 0.2) is 42.5 Å². The molecule has 8 heteroatoms. The van der Waals surface area contributed by atoms with Crippen molar-refractivity contribution in [1.82, 2.24) is 15.4 Å². The van der Waals surface area contributed by atoms with E-state index in [0.717, 1.165) is 0 Å². The van der Waals surface area contributed by atoms with Crippen LogP contribution >= 0.6 is 0 Å². The summed E-state index contributed by atoms with van der Waals surface area (Å²) in [4.78, 5) is 22.3. The van der Waals surface area contributed by atoms with E-state index < -0.39 is 10.9 Å². The average molecular weight is 298 g/mol. The molecule has 3 rings (SSSR count).